The summed E-state index contributed by atoms with van der Waals surface area (Å²) in [6, 6.07) is 14.7. The van der Waals surface area contributed by atoms with Gasteiger partial charge in [0.05, 0.1) is 17.2 Å². The van der Waals surface area contributed by atoms with Crippen molar-refractivity contribution in [3.63, 3.8) is 0 Å². The van der Waals surface area contributed by atoms with E-state index in [0.717, 1.165) is 33.7 Å². The molecule has 134 valence electrons. The van der Waals surface area contributed by atoms with Crippen LogP contribution in [-0.2, 0) is 0 Å². The highest BCUT2D eigenvalue weighted by molar-refractivity contribution is 8.00. The van der Waals surface area contributed by atoms with Crippen molar-refractivity contribution in [2.24, 2.45) is 10.2 Å². The van der Waals surface area contributed by atoms with E-state index in [1.807, 2.05) is 28.5 Å². The van der Waals surface area contributed by atoms with E-state index in [1.54, 1.807) is 0 Å². The molecule has 1 saturated heterocycles. The molecule has 0 bridgehead atoms. The largest absolute Gasteiger partial charge is 0.493 e. The molecule has 0 amide bonds. The van der Waals surface area contributed by atoms with E-state index in [-0.39, 0.29) is 5.88 Å². The van der Waals surface area contributed by atoms with Crippen LogP contribution >= 0.6 is 11.8 Å². The molecule has 4 rings (SSSR count). The molecule has 1 aromatic heterocycles. The third kappa shape index (κ3) is 3.01. The fourth-order valence-electron chi connectivity index (χ4n) is 3.27. The lowest BCUT2D eigenvalue weighted by Crippen LogP contribution is -2.22. The van der Waals surface area contributed by atoms with Gasteiger partial charge in [0.1, 0.15) is 0 Å². The van der Waals surface area contributed by atoms with E-state index < -0.39 is 0 Å². The first-order valence-corrected chi connectivity index (χ1v) is 10.1. The van der Waals surface area contributed by atoms with Crippen molar-refractivity contribution in [1.82, 2.24) is 4.57 Å². The summed E-state index contributed by atoms with van der Waals surface area (Å²) >= 11 is 1.90. The average Bonchev–Trinajstić information content (AvgIpc) is 2.84. The van der Waals surface area contributed by atoms with Gasteiger partial charge in [0.15, 0.2) is 5.69 Å². The average molecular weight is 366 g/mol. The molecule has 1 aliphatic rings. The van der Waals surface area contributed by atoms with Crippen LogP contribution in [0, 0.1) is 6.92 Å². The van der Waals surface area contributed by atoms with Crippen LogP contribution in [0.15, 0.2) is 52.7 Å². The second-order valence-corrected chi connectivity index (χ2v) is 8.28. The summed E-state index contributed by atoms with van der Waals surface area (Å²) in [4.78, 5) is 0. The Kier molecular flexibility index (Phi) is 4.49. The lowest BCUT2D eigenvalue weighted by molar-refractivity contribution is 0.406. The molecule has 0 spiro atoms. The molecule has 0 unspecified atom stereocenters. The third-order valence-electron chi connectivity index (χ3n) is 4.92. The van der Waals surface area contributed by atoms with E-state index in [4.69, 9.17) is 0 Å². The van der Waals surface area contributed by atoms with Crippen LogP contribution in [0.1, 0.15) is 36.9 Å². The van der Waals surface area contributed by atoms with E-state index in [9.17, 15) is 5.11 Å². The van der Waals surface area contributed by atoms with Crippen molar-refractivity contribution in [2.45, 2.75) is 32.7 Å². The number of rotatable bonds is 4. The first-order chi connectivity index (χ1) is 12.5. The van der Waals surface area contributed by atoms with Crippen LogP contribution in [0.25, 0.3) is 10.9 Å². The van der Waals surface area contributed by atoms with Gasteiger partial charge in [-0.3, -0.25) is 0 Å². The Balaban J connectivity index is 1.75. The van der Waals surface area contributed by atoms with E-state index in [1.165, 1.54) is 5.56 Å². The molecule has 1 aliphatic heterocycles. The van der Waals surface area contributed by atoms with Crippen molar-refractivity contribution in [1.29, 1.82) is 0 Å². The van der Waals surface area contributed by atoms with Crippen LogP contribution < -0.4 is 0 Å². The van der Waals surface area contributed by atoms with Crippen LogP contribution in [0.3, 0.4) is 0 Å². The SMILES string of the molecule is Cc1ccc2c(c1)c(N=Nc1ccc(C(C)C)cc1)c(O)n2C1CSC1. The minimum absolute atomic E-state index is 0.221. The summed E-state index contributed by atoms with van der Waals surface area (Å²) in [7, 11) is 0. The van der Waals surface area contributed by atoms with Gasteiger partial charge in [-0.15, -0.1) is 5.11 Å². The first-order valence-electron chi connectivity index (χ1n) is 8.97. The monoisotopic (exact) mass is 365 g/mol. The van der Waals surface area contributed by atoms with Gasteiger partial charge in [-0.05, 0) is 42.7 Å². The van der Waals surface area contributed by atoms with Crippen molar-refractivity contribution in [2.75, 3.05) is 11.5 Å². The number of aryl methyl sites for hydroxylation is 1. The van der Waals surface area contributed by atoms with Crippen molar-refractivity contribution in [3.05, 3.63) is 53.6 Å². The van der Waals surface area contributed by atoms with Crippen LogP contribution in [0.4, 0.5) is 11.4 Å². The fourth-order valence-corrected chi connectivity index (χ4v) is 4.02. The number of benzene rings is 2. The molecule has 2 heterocycles. The number of aromatic nitrogens is 1. The Bertz CT molecular complexity index is 969. The van der Waals surface area contributed by atoms with Gasteiger partial charge in [0, 0.05) is 16.9 Å². The predicted molar refractivity (Wildman–Crippen MR) is 109 cm³/mol. The summed E-state index contributed by atoms with van der Waals surface area (Å²) in [5.74, 6) is 2.77. The predicted octanol–water partition coefficient (Wildman–Crippen LogP) is 6.48. The highest BCUT2D eigenvalue weighted by Gasteiger charge is 2.27. The summed E-state index contributed by atoms with van der Waals surface area (Å²) in [6.45, 7) is 6.40. The lowest BCUT2D eigenvalue weighted by Gasteiger charge is -2.27. The third-order valence-corrected chi connectivity index (χ3v) is 6.16. The Labute approximate surface area is 158 Å². The van der Waals surface area contributed by atoms with Crippen molar-refractivity contribution in [3.8, 4) is 5.88 Å². The van der Waals surface area contributed by atoms with Crippen LogP contribution in [-0.4, -0.2) is 21.2 Å². The maximum absolute atomic E-state index is 10.8. The van der Waals surface area contributed by atoms with Gasteiger partial charge in [-0.2, -0.15) is 16.9 Å². The second kappa shape index (κ2) is 6.80. The number of fused-ring (bicyclic) bond motifs is 1. The molecular formula is C21H23N3OS. The van der Waals surface area contributed by atoms with Gasteiger partial charge >= 0.3 is 0 Å². The minimum atomic E-state index is 0.221. The Hall–Kier alpha value is -2.27. The van der Waals surface area contributed by atoms with Crippen LogP contribution in [0.2, 0.25) is 0 Å². The summed E-state index contributed by atoms with van der Waals surface area (Å²) in [5.41, 5.74) is 4.81. The molecular weight excluding hydrogens is 342 g/mol. The normalized spacial score (nSPS) is 15.2. The highest BCUT2D eigenvalue weighted by Crippen LogP contribution is 2.45. The van der Waals surface area contributed by atoms with Gasteiger partial charge in [-0.25, -0.2) is 0 Å². The van der Waals surface area contributed by atoms with Gasteiger partial charge in [0.2, 0.25) is 5.88 Å². The number of aromatic hydroxyl groups is 1. The van der Waals surface area contributed by atoms with E-state index >= 15 is 0 Å². The maximum atomic E-state index is 10.8. The Morgan fingerprint density at radius 2 is 1.81 bits per heavy atom. The Morgan fingerprint density at radius 1 is 1.08 bits per heavy atom. The molecule has 0 radical (unpaired) electrons. The Morgan fingerprint density at radius 3 is 2.42 bits per heavy atom. The molecule has 1 fully saturated rings. The van der Waals surface area contributed by atoms with Gasteiger partial charge in [-0.1, -0.05) is 37.6 Å². The number of nitrogens with zero attached hydrogens (tertiary/aromatic N) is 3. The standard InChI is InChI=1S/C21H23N3OS/c1-13(2)15-5-7-16(8-6-15)22-23-20-18-10-14(3)4-9-19(18)24(21(20)25)17-11-26-12-17/h4-10,13,17,25H,11-12H2,1-3H3. The molecule has 26 heavy (non-hydrogen) atoms. The second-order valence-electron chi connectivity index (χ2n) is 7.20. The number of azo groups is 1. The molecule has 0 aliphatic carbocycles. The van der Waals surface area contributed by atoms with Gasteiger partial charge < -0.3 is 9.67 Å². The summed E-state index contributed by atoms with van der Waals surface area (Å²) < 4.78 is 2.02. The minimum Gasteiger partial charge on any atom is -0.493 e. The lowest BCUT2D eigenvalue weighted by atomic mass is 10.0. The number of hydrogen-bond donors (Lipinski definition) is 1. The molecule has 0 saturated carbocycles. The van der Waals surface area contributed by atoms with Crippen molar-refractivity contribution < 1.29 is 5.11 Å². The zero-order valence-corrected chi connectivity index (χ0v) is 16.1. The molecule has 1 N–H and O–H groups in total. The summed E-state index contributed by atoms with van der Waals surface area (Å²) in [5, 5.41) is 20.6. The number of thioether (sulfide) groups is 1. The van der Waals surface area contributed by atoms with Gasteiger partial charge in [0.25, 0.3) is 0 Å². The molecule has 4 nitrogen and oxygen atoms in total. The fraction of sp³-hybridized carbons (Fsp3) is 0.333. The maximum Gasteiger partial charge on any atom is 0.221 e. The highest BCUT2D eigenvalue weighted by atomic mass is 32.2. The van der Waals surface area contributed by atoms with Crippen molar-refractivity contribution >= 4 is 34.0 Å². The zero-order chi connectivity index (χ0) is 18.3. The quantitative estimate of drug-likeness (QED) is 0.538. The van der Waals surface area contributed by atoms with E-state index in [0.29, 0.717) is 17.6 Å². The van der Waals surface area contributed by atoms with E-state index in [2.05, 4.69) is 61.3 Å². The molecule has 5 heteroatoms. The van der Waals surface area contributed by atoms with Crippen LogP contribution in [0.5, 0.6) is 5.88 Å². The number of hydrogen-bond acceptors (Lipinski definition) is 4. The summed E-state index contributed by atoms with van der Waals surface area (Å²) in [6.07, 6.45) is 0. The molecule has 0 atom stereocenters. The first kappa shape index (κ1) is 17.2. The smallest absolute Gasteiger partial charge is 0.221 e. The molecule has 3 aromatic rings. The topological polar surface area (TPSA) is 49.9 Å². The molecule has 2 aromatic carbocycles. The zero-order valence-electron chi connectivity index (χ0n) is 15.3.